The molecule has 0 saturated carbocycles. The number of carbonyl (C=O) groups excluding carboxylic acids is 1. The van der Waals surface area contributed by atoms with Crippen molar-refractivity contribution in [3.05, 3.63) is 17.7 Å². The number of anilines is 2. The summed E-state index contributed by atoms with van der Waals surface area (Å²) in [7, 11) is 0.843. The molecule has 0 radical (unpaired) electrons. The van der Waals surface area contributed by atoms with Crippen LogP contribution in [0.15, 0.2) is 12.1 Å². The van der Waals surface area contributed by atoms with Gasteiger partial charge < -0.3 is 19.1 Å². The predicted molar refractivity (Wildman–Crippen MR) is 80.7 cm³/mol. The van der Waals surface area contributed by atoms with Crippen molar-refractivity contribution in [1.82, 2.24) is 0 Å². The maximum absolute atomic E-state index is 13.6. The topological polar surface area (TPSA) is 91.7 Å². The largest absolute Gasteiger partial charge is 0.466 e. The Hall–Kier alpha value is -2.24. The van der Waals surface area contributed by atoms with Crippen LogP contribution in [0.2, 0.25) is 0 Å². The maximum atomic E-state index is 13.6. The number of carbonyl (C=O) groups is 1. The van der Waals surface area contributed by atoms with E-state index in [0.29, 0.717) is 26.3 Å². The van der Waals surface area contributed by atoms with Gasteiger partial charge in [0, 0.05) is 31.1 Å². The van der Waals surface area contributed by atoms with Crippen LogP contribution in [0.25, 0.3) is 0 Å². The van der Waals surface area contributed by atoms with E-state index in [9.17, 15) is 28.4 Å². The van der Waals surface area contributed by atoms with E-state index in [1.54, 1.807) is 4.90 Å². The Morgan fingerprint density at radius 3 is 2.50 bits per heavy atom. The second-order valence-corrected chi connectivity index (χ2v) is 5.93. The number of rotatable bonds is 3. The van der Waals surface area contributed by atoms with Crippen LogP contribution in [0.3, 0.4) is 0 Å². The van der Waals surface area contributed by atoms with Gasteiger partial charge in [0.25, 0.3) is 0 Å². The number of nitrogens with zero attached hydrogens (tertiary/aromatic N) is 2. The lowest BCUT2D eigenvalue weighted by molar-refractivity contribution is -0.246. The summed E-state index contributed by atoms with van der Waals surface area (Å²) < 4.78 is 55.3. The van der Waals surface area contributed by atoms with Crippen molar-refractivity contribution < 1.29 is 42.6 Å². The molecule has 144 valence electrons. The number of hydrogen-bond donors (Lipinski definition) is 2. The number of esters is 1. The highest BCUT2D eigenvalue weighted by molar-refractivity contribution is 5.84. The van der Waals surface area contributed by atoms with E-state index < -0.39 is 24.2 Å². The summed E-state index contributed by atoms with van der Waals surface area (Å²) in [6.07, 6.45) is -5.85. The third-order valence-electron chi connectivity index (χ3n) is 4.42. The van der Waals surface area contributed by atoms with Crippen LogP contribution in [0.5, 0.6) is 5.75 Å². The third kappa shape index (κ3) is 2.91. The second-order valence-electron chi connectivity index (χ2n) is 5.93. The summed E-state index contributed by atoms with van der Waals surface area (Å²) in [6.45, 7) is 1.56. The van der Waals surface area contributed by atoms with Gasteiger partial charge in [0.1, 0.15) is 11.4 Å². The van der Waals surface area contributed by atoms with E-state index >= 15 is 0 Å². The first kappa shape index (κ1) is 18.5. The molecule has 2 aliphatic heterocycles. The smallest absolute Gasteiger partial charge is 0.439 e. The lowest BCUT2D eigenvalue weighted by atomic mass is 9.96. The maximum Gasteiger partial charge on any atom is 0.439 e. The fourth-order valence-electron chi connectivity index (χ4n) is 3.10. The highest BCUT2D eigenvalue weighted by Gasteiger charge is 2.67. The average Bonchev–Trinajstić information content (AvgIpc) is 3.00. The summed E-state index contributed by atoms with van der Waals surface area (Å²) in [6, 6.07) is 2.41. The molecular weight excluding hydrogens is 361 g/mol. The van der Waals surface area contributed by atoms with Crippen molar-refractivity contribution in [2.75, 3.05) is 43.5 Å². The van der Waals surface area contributed by atoms with Gasteiger partial charge in [-0.3, -0.25) is 10.4 Å². The van der Waals surface area contributed by atoms with E-state index in [1.807, 2.05) is 0 Å². The molecule has 1 aromatic rings. The Morgan fingerprint density at radius 1 is 1.31 bits per heavy atom. The monoisotopic (exact) mass is 378 g/mol. The Bertz CT molecular complexity index is 705. The van der Waals surface area contributed by atoms with Gasteiger partial charge in [-0.25, -0.2) is 4.79 Å². The first-order valence-electron chi connectivity index (χ1n) is 7.71. The first-order chi connectivity index (χ1) is 12.2. The number of morpholine rings is 1. The molecule has 1 fully saturated rings. The van der Waals surface area contributed by atoms with Gasteiger partial charge in [-0.15, -0.1) is 5.23 Å². The molecule has 0 amide bonds. The molecule has 8 nitrogen and oxygen atoms in total. The fraction of sp³-hybridized carbons (Fsp3) is 0.533. The lowest BCUT2D eigenvalue weighted by Gasteiger charge is -2.31. The Morgan fingerprint density at radius 2 is 1.96 bits per heavy atom. The fourth-order valence-corrected chi connectivity index (χ4v) is 3.10. The van der Waals surface area contributed by atoms with Crippen LogP contribution >= 0.6 is 0 Å². The van der Waals surface area contributed by atoms with Crippen molar-refractivity contribution in [3.63, 3.8) is 0 Å². The number of benzene rings is 1. The quantitative estimate of drug-likeness (QED) is 0.604. The summed E-state index contributed by atoms with van der Waals surface area (Å²) in [4.78, 5) is 13.6. The minimum absolute atomic E-state index is 0.00725. The van der Waals surface area contributed by atoms with E-state index in [2.05, 4.69) is 4.74 Å². The summed E-state index contributed by atoms with van der Waals surface area (Å²) in [5.41, 5.74) is -3.04. The van der Waals surface area contributed by atoms with Crippen LogP contribution in [-0.4, -0.2) is 61.6 Å². The Balaban J connectivity index is 2.05. The highest BCUT2D eigenvalue weighted by Crippen LogP contribution is 2.48. The molecule has 0 aliphatic carbocycles. The molecule has 1 saturated heterocycles. The molecule has 0 bridgehead atoms. The SMILES string of the molecule is COC(=O)C1(C(F)(F)F)Cc2cc(N(O)O)c(N3CCOCC3)cc2O1. The summed E-state index contributed by atoms with van der Waals surface area (Å²) >= 11 is 0. The van der Waals surface area contributed by atoms with Crippen LogP contribution in [0.4, 0.5) is 24.5 Å². The number of alkyl halides is 3. The number of methoxy groups -OCH3 is 1. The van der Waals surface area contributed by atoms with Gasteiger partial charge in [-0.1, -0.05) is 0 Å². The predicted octanol–water partition coefficient (Wildman–Crippen LogP) is 1.52. The summed E-state index contributed by atoms with van der Waals surface area (Å²) in [5.74, 6) is -1.74. The van der Waals surface area contributed by atoms with Crippen LogP contribution in [-0.2, 0) is 20.7 Å². The van der Waals surface area contributed by atoms with Crippen molar-refractivity contribution in [3.8, 4) is 5.75 Å². The van der Waals surface area contributed by atoms with Gasteiger partial charge in [0.05, 0.1) is 26.0 Å². The van der Waals surface area contributed by atoms with E-state index in [1.165, 1.54) is 6.07 Å². The molecular formula is C15H17F3N2O6. The highest BCUT2D eigenvalue weighted by atomic mass is 19.4. The van der Waals surface area contributed by atoms with Crippen molar-refractivity contribution in [2.24, 2.45) is 0 Å². The molecule has 2 aliphatic rings. The molecule has 11 heteroatoms. The molecule has 1 aromatic carbocycles. The molecule has 26 heavy (non-hydrogen) atoms. The molecule has 2 N–H and O–H groups in total. The molecule has 0 aromatic heterocycles. The Labute approximate surface area is 146 Å². The number of ether oxygens (including phenoxy) is 3. The van der Waals surface area contributed by atoms with Crippen LogP contribution < -0.4 is 14.9 Å². The zero-order valence-electron chi connectivity index (χ0n) is 13.7. The van der Waals surface area contributed by atoms with Crippen LogP contribution in [0, 0.1) is 0 Å². The molecule has 3 rings (SSSR count). The van der Waals surface area contributed by atoms with Crippen molar-refractivity contribution >= 4 is 17.3 Å². The second kappa shape index (κ2) is 6.49. The first-order valence-corrected chi connectivity index (χ1v) is 7.71. The molecule has 2 heterocycles. The van der Waals surface area contributed by atoms with Gasteiger partial charge in [-0.05, 0) is 6.07 Å². The third-order valence-corrected chi connectivity index (χ3v) is 4.42. The van der Waals surface area contributed by atoms with Gasteiger partial charge in [-0.2, -0.15) is 13.2 Å². The Kier molecular flexibility index (Phi) is 4.63. The van der Waals surface area contributed by atoms with E-state index in [4.69, 9.17) is 9.47 Å². The molecule has 1 atom stereocenters. The zero-order chi connectivity index (χ0) is 19.1. The van der Waals surface area contributed by atoms with Gasteiger partial charge >= 0.3 is 17.7 Å². The minimum Gasteiger partial charge on any atom is -0.466 e. The van der Waals surface area contributed by atoms with E-state index in [0.717, 1.165) is 13.2 Å². The number of fused-ring (bicyclic) bond motifs is 1. The van der Waals surface area contributed by atoms with E-state index in [-0.39, 0.29) is 27.9 Å². The molecule has 0 spiro atoms. The zero-order valence-corrected chi connectivity index (χ0v) is 13.7. The lowest BCUT2D eigenvalue weighted by Crippen LogP contribution is -2.56. The van der Waals surface area contributed by atoms with Crippen LogP contribution in [0.1, 0.15) is 5.56 Å². The molecule has 1 unspecified atom stereocenters. The van der Waals surface area contributed by atoms with Crippen molar-refractivity contribution in [2.45, 2.75) is 18.2 Å². The normalized spacial score (nSPS) is 22.6. The minimum atomic E-state index is -5.02. The van der Waals surface area contributed by atoms with Gasteiger partial charge in [0.2, 0.25) is 0 Å². The average molecular weight is 378 g/mol. The van der Waals surface area contributed by atoms with Gasteiger partial charge in [0.15, 0.2) is 0 Å². The summed E-state index contributed by atoms with van der Waals surface area (Å²) in [5, 5.41) is 18.8. The number of halogens is 3. The number of hydrogen-bond acceptors (Lipinski definition) is 8. The van der Waals surface area contributed by atoms with Crippen molar-refractivity contribution in [1.29, 1.82) is 0 Å². The standard InChI is InChI=1S/C15H17F3N2O6/c1-24-13(21)14(15(16,17)18)8-9-6-11(20(22)23)10(7-12(9)26-14)19-2-4-25-5-3-19/h6-7,22-23H,2-5,8H2,1H3.